The van der Waals surface area contributed by atoms with Crippen molar-refractivity contribution in [3.05, 3.63) is 42.2 Å². The van der Waals surface area contributed by atoms with Crippen LogP contribution in [0.15, 0.2) is 45.7 Å². The summed E-state index contributed by atoms with van der Waals surface area (Å²) in [5.41, 5.74) is 0.481. The van der Waals surface area contributed by atoms with Gasteiger partial charge in [-0.1, -0.05) is 5.10 Å². The Hall–Kier alpha value is -3.71. The van der Waals surface area contributed by atoms with Crippen LogP contribution in [0, 0.1) is 5.82 Å². The SMILES string of the molecule is CCOc1cc(-c2nnc(NC(=O)C3CCCN3S(=O)(=O)c3ccc(F)cc3)o2)cc(OCC)c1OCC. The number of nitrogens with zero attached hydrogens (tertiary/aromatic N) is 3. The summed E-state index contributed by atoms with van der Waals surface area (Å²) in [6.45, 7) is 6.86. The minimum Gasteiger partial charge on any atom is -0.490 e. The molecule has 1 amide bonds. The van der Waals surface area contributed by atoms with Gasteiger partial charge in [0, 0.05) is 12.1 Å². The van der Waals surface area contributed by atoms with Crippen LogP contribution < -0.4 is 19.5 Å². The predicted octanol–water partition coefficient (Wildman–Crippen LogP) is 3.86. The van der Waals surface area contributed by atoms with E-state index >= 15 is 0 Å². The summed E-state index contributed by atoms with van der Waals surface area (Å²) in [6.07, 6.45) is 0.793. The largest absolute Gasteiger partial charge is 0.490 e. The van der Waals surface area contributed by atoms with E-state index in [1.807, 2.05) is 20.8 Å². The summed E-state index contributed by atoms with van der Waals surface area (Å²) in [5, 5.41) is 10.4. The van der Waals surface area contributed by atoms with Gasteiger partial charge in [-0.25, -0.2) is 12.8 Å². The van der Waals surface area contributed by atoms with Crippen LogP contribution >= 0.6 is 0 Å². The van der Waals surface area contributed by atoms with E-state index in [1.165, 1.54) is 12.1 Å². The Kier molecular flexibility index (Phi) is 8.47. The molecule has 13 heteroatoms. The number of carbonyl (C=O) groups is 1. The molecule has 2 heterocycles. The fourth-order valence-corrected chi connectivity index (χ4v) is 5.78. The lowest BCUT2D eigenvalue weighted by Gasteiger charge is -2.22. The Bertz CT molecular complexity index is 1350. The Balaban J connectivity index is 1.55. The highest BCUT2D eigenvalue weighted by Gasteiger charge is 2.40. The van der Waals surface area contributed by atoms with Crippen LogP contribution in [0.5, 0.6) is 17.2 Å². The lowest BCUT2D eigenvalue weighted by molar-refractivity contribution is -0.119. The molecule has 0 saturated carbocycles. The number of nitrogens with one attached hydrogen (secondary N) is 1. The van der Waals surface area contributed by atoms with Crippen molar-refractivity contribution in [2.24, 2.45) is 0 Å². The molecule has 1 unspecified atom stereocenters. The highest BCUT2D eigenvalue weighted by Crippen LogP contribution is 2.42. The molecular weight excluding hydrogens is 519 g/mol. The van der Waals surface area contributed by atoms with E-state index in [0.717, 1.165) is 16.4 Å². The molecule has 11 nitrogen and oxygen atoms in total. The Morgan fingerprint density at radius 3 is 2.29 bits per heavy atom. The summed E-state index contributed by atoms with van der Waals surface area (Å²) in [7, 11) is -4.01. The number of anilines is 1. The van der Waals surface area contributed by atoms with Crippen LogP contribution in [0.4, 0.5) is 10.4 Å². The summed E-state index contributed by atoms with van der Waals surface area (Å²) in [4.78, 5) is 12.9. The number of ether oxygens (including phenoxy) is 3. The van der Waals surface area contributed by atoms with Crippen molar-refractivity contribution < 1.29 is 36.2 Å². The number of benzene rings is 2. The van der Waals surface area contributed by atoms with E-state index in [0.29, 0.717) is 55.5 Å². The fourth-order valence-electron chi connectivity index (χ4n) is 4.12. The van der Waals surface area contributed by atoms with E-state index < -0.39 is 27.8 Å². The molecule has 204 valence electrons. The lowest BCUT2D eigenvalue weighted by Crippen LogP contribution is -2.43. The Labute approximate surface area is 219 Å². The van der Waals surface area contributed by atoms with E-state index in [2.05, 4.69) is 15.5 Å². The topological polar surface area (TPSA) is 133 Å². The number of rotatable bonds is 11. The van der Waals surface area contributed by atoms with Crippen LogP contribution in [0.3, 0.4) is 0 Å². The first-order valence-electron chi connectivity index (χ1n) is 12.3. The summed E-state index contributed by atoms with van der Waals surface area (Å²) < 4.78 is 63.4. The third kappa shape index (κ3) is 5.73. The van der Waals surface area contributed by atoms with Crippen molar-refractivity contribution in [2.75, 3.05) is 31.7 Å². The van der Waals surface area contributed by atoms with E-state index in [9.17, 15) is 17.6 Å². The molecule has 1 atom stereocenters. The molecule has 1 aliphatic heterocycles. The lowest BCUT2D eigenvalue weighted by atomic mass is 10.2. The van der Waals surface area contributed by atoms with E-state index in [4.69, 9.17) is 18.6 Å². The number of halogens is 1. The third-order valence-electron chi connectivity index (χ3n) is 5.74. The molecule has 1 aliphatic rings. The number of hydrogen-bond donors (Lipinski definition) is 1. The number of carbonyl (C=O) groups excluding carboxylic acids is 1. The van der Waals surface area contributed by atoms with Crippen LogP contribution in [0.1, 0.15) is 33.6 Å². The van der Waals surface area contributed by atoms with E-state index in [-0.39, 0.29) is 23.3 Å². The summed E-state index contributed by atoms with van der Waals surface area (Å²) >= 11 is 0. The first kappa shape index (κ1) is 27.3. The molecule has 1 saturated heterocycles. The average Bonchev–Trinajstić information content (AvgIpc) is 3.57. The van der Waals surface area contributed by atoms with Crippen LogP contribution in [-0.2, 0) is 14.8 Å². The summed E-state index contributed by atoms with van der Waals surface area (Å²) in [6, 6.07) is 6.63. The van der Waals surface area contributed by atoms with Gasteiger partial charge in [0.05, 0.1) is 24.7 Å². The van der Waals surface area contributed by atoms with Crippen molar-refractivity contribution in [1.29, 1.82) is 0 Å². The maximum Gasteiger partial charge on any atom is 0.322 e. The molecule has 0 spiro atoms. The zero-order valence-electron chi connectivity index (χ0n) is 21.3. The average molecular weight is 549 g/mol. The quantitative estimate of drug-likeness (QED) is 0.379. The second-order valence-corrected chi connectivity index (χ2v) is 10.1. The minimum absolute atomic E-state index is 0.0902. The Morgan fingerprint density at radius 2 is 1.68 bits per heavy atom. The van der Waals surface area contributed by atoms with E-state index in [1.54, 1.807) is 12.1 Å². The van der Waals surface area contributed by atoms with Gasteiger partial charge in [-0.15, -0.1) is 5.10 Å². The first-order valence-corrected chi connectivity index (χ1v) is 13.7. The van der Waals surface area contributed by atoms with Crippen LogP contribution in [0.2, 0.25) is 0 Å². The summed E-state index contributed by atoms with van der Waals surface area (Å²) in [5.74, 6) is 0.253. The minimum atomic E-state index is -4.01. The molecule has 38 heavy (non-hydrogen) atoms. The zero-order chi connectivity index (χ0) is 27.3. The van der Waals surface area contributed by atoms with Crippen molar-refractivity contribution in [3.8, 4) is 28.7 Å². The maximum atomic E-state index is 13.3. The molecule has 3 aromatic rings. The highest BCUT2D eigenvalue weighted by molar-refractivity contribution is 7.89. The van der Waals surface area contributed by atoms with Gasteiger partial charge in [0.1, 0.15) is 11.9 Å². The zero-order valence-corrected chi connectivity index (χ0v) is 22.1. The number of aromatic nitrogens is 2. The predicted molar refractivity (Wildman–Crippen MR) is 135 cm³/mol. The monoisotopic (exact) mass is 548 g/mol. The Morgan fingerprint density at radius 1 is 1.05 bits per heavy atom. The molecule has 0 aliphatic carbocycles. The molecule has 0 radical (unpaired) electrons. The molecule has 0 bridgehead atoms. The van der Waals surface area contributed by atoms with Gasteiger partial charge in [0.25, 0.3) is 0 Å². The number of sulfonamides is 1. The van der Waals surface area contributed by atoms with Gasteiger partial charge in [0.2, 0.25) is 27.6 Å². The first-order chi connectivity index (χ1) is 18.3. The smallest absolute Gasteiger partial charge is 0.322 e. The van der Waals surface area contributed by atoms with Gasteiger partial charge < -0.3 is 18.6 Å². The molecular formula is C25H29FN4O7S. The second kappa shape index (κ2) is 11.8. The molecule has 1 fully saturated rings. The van der Waals surface area contributed by atoms with Crippen molar-refractivity contribution in [3.63, 3.8) is 0 Å². The van der Waals surface area contributed by atoms with Gasteiger partial charge in [0.15, 0.2) is 11.5 Å². The van der Waals surface area contributed by atoms with Crippen molar-refractivity contribution in [1.82, 2.24) is 14.5 Å². The normalized spacial score (nSPS) is 15.8. The van der Waals surface area contributed by atoms with Gasteiger partial charge in [-0.05, 0) is 70.0 Å². The number of hydrogen-bond acceptors (Lipinski definition) is 9. The van der Waals surface area contributed by atoms with Gasteiger partial charge >= 0.3 is 6.01 Å². The fraction of sp³-hybridized carbons (Fsp3) is 0.400. The number of amides is 1. The van der Waals surface area contributed by atoms with Crippen LogP contribution in [0.25, 0.3) is 11.5 Å². The highest BCUT2D eigenvalue weighted by atomic mass is 32.2. The second-order valence-electron chi connectivity index (χ2n) is 8.23. The molecule has 1 aromatic heterocycles. The van der Waals surface area contributed by atoms with Crippen molar-refractivity contribution >= 4 is 21.9 Å². The molecule has 2 aromatic carbocycles. The maximum absolute atomic E-state index is 13.3. The van der Waals surface area contributed by atoms with Crippen molar-refractivity contribution in [2.45, 2.75) is 44.6 Å². The molecule has 4 rings (SSSR count). The third-order valence-corrected chi connectivity index (χ3v) is 7.66. The standard InChI is InChI=1S/C25H29FN4O7S/c1-4-34-20-14-16(15-21(35-5-2)22(20)36-6-3)24-28-29-25(37-24)27-23(31)19-8-7-13-30(19)38(32,33)18-11-9-17(26)10-12-18/h9-12,14-15,19H,4-8,13H2,1-3H3,(H,27,29,31). The van der Waals surface area contributed by atoms with Gasteiger partial charge in [-0.3, -0.25) is 10.1 Å². The van der Waals surface area contributed by atoms with Gasteiger partial charge in [-0.2, -0.15) is 4.31 Å². The molecule has 1 N–H and O–H groups in total. The van der Waals surface area contributed by atoms with Crippen LogP contribution in [-0.4, -0.2) is 61.2 Å².